The molecule has 0 aliphatic carbocycles. The van der Waals surface area contributed by atoms with Gasteiger partial charge in [-0.05, 0) is 53.5 Å². The zero-order chi connectivity index (χ0) is 21.5. The minimum atomic E-state index is 0.00877. The summed E-state index contributed by atoms with van der Waals surface area (Å²) >= 11 is 0. The van der Waals surface area contributed by atoms with E-state index in [1.807, 2.05) is 0 Å². The van der Waals surface area contributed by atoms with Crippen molar-refractivity contribution in [1.29, 1.82) is 0 Å². The van der Waals surface area contributed by atoms with Gasteiger partial charge < -0.3 is 0 Å². The van der Waals surface area contributed by atoms with Crippen molar-refractivity contribution in [3.05, 3.63) is 0 Å². The molecule has 0 saturated carbocycles. The lowest BCUT2D eigenvalue weighted by atomic mass is 9.76. The van der Waals surface area contributed by atoms with Crippen molar-refractivity contribution < 1.29 is 9.59 Å². The molecule has 2 rings (SSSR count). The Morgan fingerprint density at radius 2 is 1.14 bits per heavy atom. The minimum absolute atomic E-state index is 0.00877. The van der Waals surface area contributed by atoms with E-state index in [1.165, 1.54) is 64.2 Å². The molecule has 2 amide bonds. The van der Waals surface area contributed by atoms with E-state index in [0.29, 0.717) is 12.8 Å². The third-order valence-corrected chi connectivity index (χ3v) is 7.12. The molecule has 0 radical (unpaired) electrons. The molecule has 4 heteroatoms. The summed E-state index contributed by atoms with van der Waals surface area (Å²) < 4.78 is 0. The number of imide groups is 1. The quantitative estimate of drug-likeness (QED) is 0.291. The summed E-state index contributed by atoms with van der Waals surface area (Å²) in [6.07, 6.45) is 16.2. The standard InChI is InChI=1S/C25H46N2O2/c1-6-7-8-9-10-11-12-13-14-15-18-26-24(2,3)19-21(20-25(26,4)5)27-22(28)16-17-23(27)29/h21H,6-20H2,1-5H3. The van der Waals surface area contributed by atoms with Crippen LogP contribution in [0.2, 0.25) is 0 Å². The summed E-state index contributed by atoms with van der Waals surface area (Å²) in [5, 5.41) is 0. The third-order valence-electron chi connectivity index (χ3n) is 7.12. The average molecular weight is 407 g/mol. The van der Waals surface area contributed by atoms with Crippen LogP contribution in [0.15, 0.2) is 0 Å². The van der Waals surface area contributed by atoms with Gasteiger partial charge in [0.2, 0.25) is 11.8 Å². The van der Waals surface area contributed by atoms with Gasteiger partial charge in [0.25, 0.3) is 0 Å². The molecule has 0 atom stereocenters. The highest BCUT2D eigenvalue weighted by atomic mass is 16.2. The van der Waals surface area contributed by atoms with Gasteiger partial charge in [-0.1, -0.05) is 64.7 Å². The number of rotatable bonds is 12. The van der Waals surface area contributed by atoms with Gasteiger partial charge in [-0.25, -0.2) is 0 Å². The molecule has 0 spiro atoms. The van der Waals surface area contributed by atoms with Crippen LogP contribution in [0.4, 0.5) is 0 Å². The van der Waals surface area contributed by atoms with Crippen molar-refractivity contribution in [2.45, 2.75) is 142 Å². The van der Waals surface area contributed by atoms with Gasteiger partial charge in [-0.3, -0.25) is 19.4 Å². The van der Waals surface area contributed by atoms with Crippen LogP contribution in [0.1, 0.15) is 125 Å². The number of nitrogens with zero attached hydrogens (tertiary/aromatic N) is 2. The molecule has 4 nitrogen and oxygen atoms in total. The molecule has 0 aromatic rings. The maximum Gasteiger partial charge on any atom is 0.229 e. The first-order valence-corrected chi connectivity index (χ1v) is 12.3. The minimum Gasteiger partial charge on any atom is -0.293 e. The zero-order valence-corrected chi connectivity index (χ0v) is 19.9. The summed E-state index contributed by atoms with van der Waals surface area (Å²) in [7, 11) is 0. The Kier molecular flexibility index (Phi) is 9.18. The molecule has 2 aliphatic rings. The molecular formula is C25H46N2O2. The van der Waals surface area contributed by atoms with Crippen LogP contribution < -0.4 is 0 Å². The van der Waals surface area contributed by atoms with E-state index in [-0.39, 0.29) is 28.9 Å². The van der Waals surface area contributed by atoms with Crippen molar-refractivity contribution >= 4 is 11.8 Å². The summed E-state index contributed by atoms with van der Waals surface area (Å²) in [5.41, 5.74) is 0.0175. The number of unbranched alkanes of at least 4 members (excludes halogenated alkanes) is 9. The Morgan fingerprint density at radius 3 is 1.59 bits per heavy atom. The van der Waals surface area contributed by atoms with Crippen molar-refractivity contribution in [2.75, 3.05) is 6.54 Å². The SMILES string of the molecule is CCCCCCCCCCCCN1C(C)(C)CC(N2C(=O)CCC2=O)CC1(C)C. The van der Waals surface area contributed by atoms with E-state index < -0.39 is 0 Å². The van der Waals surface area contributed by atoms with E-state index in [0.717, 1.165) is 19.4 Å². The third kappa shape index (κ3) is 6.80. The van der Waals surface area contributed by atoms with Gasteiger partial charge in [0, 0.05) is 30.0 Å². The van der Waals surface area contributed by atoms with Crippen LogP contribution in [-0.2, 0) is 9.59 Å². The zero-order valence-electron chi connectivity index (χ0n) is 19.9. The second-order valence-electron chi connectivity index (χ2n) is 10.7. The molecule has 2 saturated heterocycles. The number of piperidine rings is 1. The van der Waals surface area contributed by atoms with Gasteiger partial charge >= 0.3 is 0 Å². The molecule has 2 heterocycles. The van der Waals surface area contributed by atoms with Gasteiger partial charge in [-0.2, -0.15) is 0 Å². The van der Waals surface area contributed by atoms with Crippen LogP contribution in [-0.4, -0.2) is 45.3 Å². The molecule has 0 aromatic heterocycles. The predicted octanol–water partition coefficient (Wildman–Crippen LogP) is 6.08. The normalized spacial score (nSPS) is 22.6. The Morgan fingerprint density at radius 1 is 0.724 bits per heavy atom. The highest BCUT2D eigenvalue weighted by Crippen LogP contribution is 2.41. The fourth-order valence-corrected chi connectivity index (χ4v) is 5.81. The van der Waals surface area contributed by atoms with E-state index in [2.05, 4.69) is 39.5 Å². The monoisotopic (exact) mass is 406 g/mol. The van der Waals surface area contributed by atoms with Crippen molar-refractivity contribution in [2.24, 2.45) is 0 Å². The van der Waals surface area contributed by atoms with Gasteiger partial charge in [0.1, 0.15) is 0 Å². The lowest BCUT2D eigenvalue weighted by Gasteiger charge is -2.56. The van der Waals surface area contributed by atoms with Crippen LogP contribution in [0, 0.1) is 0 Å². The van der Waals surface area contributed by atoms with E-state index in [9.17, 15) is 9.59 Å². The smallest absolute Gasteiger partial charge is 0.229 e. The number of likely N-dealkylation sites (tertiary alicyclic amines) is 2. The van der Waals surface area contributed by atoms with Crippen molar-refractivity contribution in [3.63, 3.8) is 0 Å². The number of hydrogen-bond acceptors (Lipinski definition) is 3. The van der Waals surface area contributed by atoms with E-state index >= 15 is 0 Å². The van der Waals surface area contributed by atoms with Crippen LogP contribution >= 0.6 is 0 Å². The van der Waals surface area contributed by atoms with Gasteiger partial charge in [0.05, 0.1) is 0 Å². The highest BCUT2D eigenvalue weighted by Gasteiger charge is 2.49. The highest BCUT2D eigenvalue weighted by molar-refractivity contribution is 6.02. The lowest BCUT2D eigenvalue weighted by Crippen LogP contribution is -2.64. The summed E-state index contributed by atoms with van der Waals surface area (Å²) in [6, 6.07) is 0.0615. The molecule has 0 N–H and O–H groups in total. The lowest BCUT2D eigenvalue weighted by molar-refractivity contribution is -0.146. The maximum absolute atomic E-state index is 12.2. The second kappa shape index (κ2) is 10.9. The molecule has 2 fully saturated rings. The summed E-state index contributed by atoms with van der Waals surface area (Å²) in [6.45, 7) is 12.6. The van der Waals surface area contributed by atoms with Crippen LogP contribution in [0.25, 0.3) is 0 Å². The summed E-state index contributed by atoms with van der Waals surface area (Å²) in [5.74, 6) is 0.0736. The summed E-state index contributed by atoms with van der Waals surface area (Å²) in [4.78, 5) is 28.7. The first-order valence-electron chi connectivity index (χ1n) is 12.3. The first-order chi connectivity index (χ1) is 13.7. The van der Waals surface area contributed by atoms with E-state index in [1.54, 1.807) is 4.90 Å². The van der Waals surface area contributed by atoms with Crippen LogP contribution in [0.5, 0.6) is 0 Å². The molecular weight excluding hydrogens is 360 g/mol. The Labute approximate surface area is 179 Å². The fraction of sp³-hybridized carbons (Fsp3) is 0.920. The molecule has 0 bridgehead atoms. The molecule has 2 aliphatic heterocycles. The maximum atomic E-state index is 12.2. The number of hydrogen-bond donors (Lipinski definition) is 0. The number of amides is 2. The van der Waals surface area contributed by atoms with Gasteiger partial charge in [-0.15, -0.1) is 0 Å². The molecule has 29 heavy (non-hydrogen) atoms. The van der Waals surface area contributed by atoms with Crippen molar-refractivity contribution in [1.82, 2.24) is 9.80 Å². The fourth-order valence-electron chi connectivity index (χ4n) is 5.81. The second-order valence-corrected chi connectivity index (χ2v) is 10.7. The number of carbonyl (C=O) groups is 2. The van der Waals surface area contributed by atoms with Crippen LogP contribution in [0.3, 0.4) is 0 Å². The van der Waals surface area contributed by atoms with Gasteiger partial charge in [0.15, 0.2) is 0 Å². The average Bonchev–Trinajstić information content (AvgIpc) is 2.96. The molecule has 168 valence electrons. The number of carbonyl (C=O) groups excluding carboxylic acids is 2. The molecule has 0 unspecified atom stereocenters. The predicted molar refractivity (Wildman–Crippen MR) is 121 cm³/mol. The first kappa shape index (κ1) is 24.4. The Bertz CT molecular complexity index is 507. The Hall–Kier alpha value is -0.900. The topological polar surface area (TPSA) is 40.6 Å². The Balaban J connectivity index is 1.75. The van der Waals surface area contributed by atoms with Crippen molar-refractivity contribution in [3.8, 4) is 0 Å². The largest absolute Gasteiger partial charge is 0.293 e. The molecule has 0 aromatic carbocycles. The van der Waals surface area contributed by atoms with E-state index in [4.69, 9.17) is 0 Å².